The number of aliphatic hydroxyl groups is 2. The Labute approximate surface area is 245 Å². The van der Waals surface area contributed by atoms with Crippen LogP contribution in [-0.4, -0.2) is 57.8 Å². The summed E-state index contributed by atoms with van der Waals surface area (Å²) in [7, 11) is 0. The first-order valence-electron chi connectivity index (χ1n) is 14.2. The molecule has 2 aromatic carbocycles. The van der Waals surface area contributed by atoms with E-state index < -0.39 is 18.5 Å². The number of anilines is 2. The van der Waals surface area contributed by atoms with Gasteiger partial charge in [0, 0.05) is 42.5 Å². The number of nitrogens with one attached hydrogen (secondary N) is 2. The van der Waals surface area contributed by atoms with Gasteiger partial charge in [-0.1, -0.05) is 60.7 Å². The molecule has 1 saturated heterocycles. The van der Waals surface area contributed by atoms with E-state index in [-0.39, 0.29) is 37.5 Å². The van der Waals surface area contributed by atoms with Crippen molar-refractivity contribution in [3.63, 3.8) is 0 Å². The van der Waals surface area contributed by atoms with Crippen molar-refractivity contribution in [1.82, 2.24) is 9.97 Å². The summed E-state index contributed by atoms with van der Waals surface area (Å²) in [6.07, 6.45) is 2.85. The Hall–Kier alpha value is -4.15. The molecule has 1 fully saturated rings. The van der Waals surface area contributed by atoms with Gasteiger partial charge in [0.15, 0.2) is 6.29 Å². The van der Waals surface area contributed by atoms with Crippen LogP contribution in [0.15, 0.2) is 103 Å². The van der Waals surface area contributed by atoms with Gasteiger partial charge >= 0.3 is 0 Å². The van der Waals surface area contributed by atoms with Crippen molar-refractivity contribution in [2.75, 3.05) is 23.8 Å². The summed E-state index contributed by atoms with van der Waals surface area (Å²) in [5.74, 6) is 0.227. The smallest absolute Gasteiger partial charge is 0.250 e. The number of ether oxygens (including phenoxy) is 2. The van der Waals surface area contributed by atoms with Crippen LogP contribution in [0.1, 0.15) is 41.6 Å². The molecule has 4 N–H and O–H groups in total. The van der Waals surface area contributed by atoms with Crippen LogP contribution in [0.3, 0.4) is 0 Å². The second-order valence-corrected chi connectivity index (χ2v) is 10.3. The van der Waals surface area contributed by atoms with E-state index >= 15 is 0 Å². The lowest BCUT2D eigenvalue weighted by Crippen LogP contribution is -2.40. The lowest BCUT2D eigenvalue weighted by molar-refractivity contribution is -0.220. The number of pyridine rings is 2. The lowest BCUT2D eigenvalue weighted by Gasteiger charge is -2.32. The molecule has 1 aliphatic heterocycles. The number of carbonyl (C=O) groups excluding carboxylic acids is 1. The summed E-state index contributed by atoms with van der Waals surface area (Å²) in [5, 5.41) is 26.1. The van der Waals surface area contributed by atoms with E-state index in [1.807, 2.05) is 78.9 Å². The molecule has 9 nitrogen and oxygen atoms in total. The lowest BCUT2D eigenvalue weighted by atomic mass is 9.84. The summed E-state index contributed by atoms with van der Waals surface area (Å²) < 4.78 is 11.3. The van der Waals surface area contributed by atoms with Gasteiger partial charge in [0.2, 0.25) is 0 Å². The molecule has 218 valence electrons. The Kier molecular flexibility index (Phi) is 10.2. The van der Waals surface area contributed by atoms with Crippen LogP contribution < -0.4 is 10.6 Å². The zero-order chi connectivity index (χ0) is 29.1. The average molecular weight is 569 g/mol. The highest BCUT2D eigenvalue weighted by molar-refractivity contribution is 5.92. The minimum Gasteiger partial charge on any atom is -0.394 e. The molecule has 3 heterocycles. The quantitative estimate of drug-likeness (QED) is 0.197. The molecule has 5 rings (SSSR count). The highest BCUT2D eigenvalue weighted by Gasteiger charge is 2.31. The normalized spacial score (nSPS) is 19.9. The van der Waals surface area contributed by atoms with Crippen molar-refractivity contribution in [2.45, 2.75) is 49.7 Å². The molecule has 0 bridgehead atoms. The summed E-state index contributed by atoms with van der Waals surface area (Å²) in [5.41, 5.74) is 3.57. The predicted octanol–water partition coefficient (Wildman–Crippen LogP) is 4.47. The summed E-state index contributed by atoms with van der Waals surface area (Å²) in [6, 6.07) is 29.2. The maximum absolute atomic E-state index is 13.1. The van der Waals surface area contributed by atoms with Gasteiger partial charge in [-0.2, -0.15) is 0 Å². The SMILES string of the molecule is O=C(COC1CC(O)CC(CO)O1)Nc1ccccc1C(Nc1ccccn1)C(Cc1ccccc1)c1ccccn1. The fourth-order valence-corrected chi connectivity index (χ4v) is 5.27. The predicted molar refractivity (Wildman–Crippen MR) is 160 cm³/mol. The van der Waals surface area contributed by atoms with Gasteiger partial charge in [-0.3, -0.25) is 9.78 Å². The van der Waals surface area contributed by atoms with E-state index in [2.05, 4.69) is 27.8 Å². The Morgan fingerprint density at radius 2 is 1.67 bits per heavy atom. The Balaban J connectivity index is 1.42. The number of rotatable bonds is 12. The number of nitrogens with zero attached hydrogens (tertiary/aromatic N) is 2. The zero-order valence-electron chi connectivity index (χ0n) is 23.3. The van der Waals surface area contributed by atoms with Crippen LogP contribution in [0.25, 0.3) is 0 Å². The van der Waals surface area contributed by atoms with Crippen molar-refractivity contribution in [3.8, 4) is 0 Å². The van der Waals surface area contributed by atoms with Gasteiger partial charge in [-0.25, -0.2) is 4.98 Å². The molecule has 5 atom stereocenters. The largest absolute Gasteiger partial charge is 0.394 e. The standard InChI is InChI=1S/C33H36N4O5/c38-21-25-19-24(39)20-32(42-25)41-22-31(40)36-29-14-5-4-12-26(29)33(37-30-15-7-9-17-35-30)27(28-13-6-8-16-34-28)18-23-10-2-1-3-11-23/h1-17,24-25,27,32-33,38-39H,18-22H2,(H,35,37)(H,36,40). The number of amides is 1. The molecule has 2 aromatic heterocycles. The topological polar surface area (TPSA) is 126 Å². The highest BCUT2D eigenvalue weighted by atomic mass is 16.7. The van der Waals surface area contributed by atoms with Gasteiger partial charge in [-0.15, -0.1) is 0 Å². The van der Waals surface area contributed by atoms with Crippen molar-refractivity contribution >= 4 is 17.4 Å². The maximum atomic E-state index is 13.1. The molecular weight excluding hydrogens is 532 g/mol. The Morgan fingerprint density at radius 3 is 2.40 bits per heavy atom. The number of para-hydroxylation sites is 1. The summed E-state index contributed by atoms with van der Waals surface area (Å²) in [4.78, 5) is 22.4. The molecule has 5 unspecified atom stereocenters. The summed E-state index contributed by atoms with van der Waals surface area (Å²) in [6.45, 7) is -0.489. The third-order valence-corrected chi connectivity index (χ3v) is 7.25. The zero-order valence-corrected chi connectivity index (χ0v) is 23.3. The van der Waals surface area contributed by atoms with Gasteiger partial charge in [0.25, 0.3) is 5.91 Å². The number of carbonyl (C=O) groups is 1. The monoisotopic (exact) mass is 568 g/mol. The molecule has 42 heavy (non-hydrogen) atoms. The van der Waals surface area contributed by atoms with E-state index in [0.717, 1.165) is 16.8 Å². The van der Waals surface area contributed by atoms with Crippen molar-refractivity contribution < 1.29 is 24.5 Å². The van der Waals surface area contributed by atoms with Gasteiger partial charge < -0.3 is 30.3 Å². The van der Waals surface area contributed by atoms with Gasteiger partial charge in [-0.05, 0) is 47.9 Å². The fourth-order valence-electron chi connectivity index (χ4n) is 5.27. The number of aliphatic hydroxyl groups excluding tert-OH is 2. The van der Waals surface area contributed by atoms with Crippen LogP contribution >= 0.6 is 0 Å². The third-order valence-electron chi connectivity index (χ3n) is 7.25. The number of hydrogen-bond acceptors (Lipinski definition) is 8. The minimum atomic E-state index is -0.773. The van der Waals surface area contributed by atoms with E-state index in [1.54, 1.807) is 12.4 Å². The van der Waals surface area contributed by atoms with Gasteiger partial charge in [0.05, 0.1) is 24.9 Å². The highest BCUT2D eigenvalue weighted by Crippen LogP contribution is 2.38. The average Bonchev–Trinajstić information content (AvgIpc) is 3.03. The molecule has 1 aliphatic rings. The van der Waals surface area contributed by atoms with E-state index in [9.17, 15) is 15.0 Å². The van der Waals surface area contributed by atoms with Gasteiger partial charge in [0.1, 0.15) is 12.4 Å². The first-order chi connectivity index (χ1) is 20.6. The van der Waals surface area contributed by atoms with Crippen LogP contribution in [0.2, 0.25) is 0 Å². The van der Waals surface area contributed by atoms with Crippen LogP contribution in [-0.2, 0) is 20.7 Å². The summed E-state index contributed by atoms with van der Waals surface area (Å²) >= 11 is 0. The van der Waals surface area contributed by atoms with Crippen LogP contribution in [0, 0.1) is 0 Å². The molecule has 4 aromatic rings. The van der Waals surface area contributed by atoms with E-state index in [0.29, 0.717) is 24.3 Å². The molecular formula is C33H36N4O5. The minimum absolute atomic E-state index is 0.113. The van der Waals surface area contributed by atoms with E-state index in [1.165, 1.54) is 0 Å². The molecule has 1 amide bonds. The Bertz CT molecular complexity index is 1390. The van der Waals surface area contributed by atoms with E-state index in [4.69, 9.17) is 14.5 Å². The first-order valence-corrected chi connectivity index (χ1v) is 14.2. The molecule has 9 heteroatoms. The molecule has 0 spiro atoms. The second-order valence-electron chi connectivity index (χ2n) is 10.3. The van der Waals surface area contributed by atoms with Crippen molar-refractivity contribution in [3.05, 3.63) is 120 Å². The molecule has 0 radical (unpaired) electrons. The van der Waals surface area contributed by atoms with Crippen LogP contribution in [0.5, 0.6) is 0 Å². The van der Waals surface area contributed by atoms with Crippen LogP contribution in [0.4, 0.5) is 11.5 Å². The first kappa shape index (κ1) is 29.3. The fraction of sp³-hybridized carbons (Fsp3) is 0.303. The Morgan fingerprint density at radius 1 is 0.929 bits per heavy atom. The van der Waals surface area contributed by atoms with Crippen molar-refractivity contribution in [2.24, 2.45) is 0 Å². The number of benzene rings is 2. The van der Waals surface area contributed by atoms with Crippen molar-refractivity contribution in [1.29, 1.82) is 0 Å². The third kappa shape index (κ3) is 7.98. The second kappa shape index (κ2) is 14.7. The molecule has 0 aliphatic carbocycles. The number of hydrogen-bond donors (Lipinski definition) is 4. The maximum Gasteiger partial charge on any atom is 0.250 e. The number of aromatic nitrogens is 2. The molecule has 0 saturated carbocycles.